The number of methoxy groups -OCH3 is 2. The first-order valence-electron chi connectivity index (χ1n) is 8.40. The normalized spacial score (nSPS) is 17.9. The number of guanidine groups is 1. The lowest BCUT2D eigenvalue weighted by molar-refractivity contribution is 0.0536. The minimum absolute atomic E-state index is 0. The average molecular weight is 459 g/mol. The van der Waals surface area contributed by atoms with E-state index in [9.17, 15) is 0 Å². The number of ether oxygens (including phenoxy) is 4. The van der Waals surface area contributed by atoms with Gasteiger partial charge in [0.1, 0.15) is 0 Å². The van der Waals surface area contributed by atoms with Gasteiger partial charge in [-0.1, -0.05) is 0 Å². The summed E-state index contributed by atoms with van der Waals surface area (Å²) in [5.41, 5.74) is 0. The molecule has 1 N–H and O–H groups in total. The summed E-state index contributed by atoms with van der Waals surface area (Å²) in [5.74, 6) is 1.55. The number of likely N-dealkylation sites (tertiary alicyclic amines) is 1. The summed E-state index contributed by atoms with van der Waals surface area (Å²) in [6, 6.07) is 0. The van der Waals surface area contributed by atoms with Crippen molar-refractivity contribution in [3.8, 4) is 0 Å². The molecular formula is C16H34IN3O4. The Labute approximate surface area is 163 Å². The van der Waals surface area contributed by atoms with Crippen LogP contribution in [-0.2, 0) is 18.9 Å². The molecule has 0 aliphatic carbocycles. The Morgan fingerprint density at radius 2 is 1.79 bits per heavy atom. The molecule has 0 bridgehead atoms. The second-order valence-corrected chi connectivity index (χ2v) is 5.60. The summed E-state index contributed by atoms with van der Waals surface area (Å²) in [6.07, 6.45) is 2.11. The fraction of sp³-hybridized carbons (Fsp3) is 0.938. The molecule has 1 unspecified atom stereocenters. The Balaban J connectivity index is 0.00000529. The summed E-state index contributed by atoms with van der Waals surface area (Å²) in [7, 11) is 5.21. The number of aliphatic imine (C=N–C) groups is 1. The van der Waals surface area contributed by atoms with Crippen LogP contribution in [0.2, 0.25) is 0 Å². The molecule has 1 atom stereocenters. The van der Waals surface area contributed by atoms with Crippen LogP contribution in [0.25, 0.3) is 0 Å². The van der Waals surface area contributed by atoms with Crippen LogP contribution in [0.5, 0.6) is 0 Å². The molecule has 0 aromatic rings. The van der Waals surface area contributed by atoms with Crippen molar-refractivity contribution in [2.45, 2.75) is 12.8 Å². The Morgan fingerprint density at radius 1 is 1.08 bits per heavy atom. The fourth-order valence-corrected chi connectivity index (χ4v) is 2.50. The number of hydrogen-bond donors (Lipinski definition) is 1. The number of halogens is 1. The van der Waals surface area contributed by atoms with Crippen LogP contribution in [0.3, 0.4) is 0 Å². The molecule has 0 aromatic heterocycles. The molecule has 0 spiro atoms. The molecular weight excluding hydrogens is 425 g/mol. The average Bonchev–Trinajstić information content (AvgIpc) is 3.03. The number of rotatable bonds is 12. The van der Waals surface area contributed by atoms with Crippen molar-refractivity contribution in [1.82, 2.24) is 10.2 Å². The van der Waals surface area contributed by atoms with Gasteiger partial charge in [-0.25, -0.2) is 0 Å². The van der Waals surface area contributed by atoms with E-state index in [1.807, 2.05) is 7.05 Å². The first kappa shape index (κ1) is 23.8. The lowest BCUT2D eigenvalue weighted by Gasteiger charge is -2.21. The maximum atomic E-state index is 5.63. The maximum Gasteiger partial charge on any atom is 0.193 e. The Kier molecular flexibility index (Phi) is 16.2. The molecule has 24 heavy (non-hydrogen) atoms. The number of nitrogens with zero attached hydrogens (tertiary/aromatic N) is 2. The first-order chi connectivity index (χ1) is 11.3. The summed E-state index contributed by atoms with van der Waals surface area (Å²) in [4.78, 5) is 6.67. The molecule has 1 aliphatic heterocycles. The van der Waals surface area contributed by atoms with Gasteiger partial charge in [0, 0.05) is 53.4 Å². The van der Waals surface area contributed by atoms with Crippen LogP contribution >= 0.6 is 24.0 Å². The van der Waals surface area contributed by atoms with Gasteiger partial charge in [0.05, 0.1) is 33.0 Å². The molecule has 1 aliphatic rings. The quantitative estimate of drug-likeness (QED) is 0.205. The fourth-order valence-electron chi connectivity index (χ4n) is 2.50. The van der Waals surface area contributed by atoms with E-state index in [1.165, 1.54) is 0 Å². The second kappa shape index (κ2) is 16.3. The van der Waals surface area contributed by atoms with Crippen LogP contribution in [0, 0.1) is 5.92 Å². The topological polar surface area (TPSA) is 64.6 Å². The van der Waals surface area contributed by atoms with E-state index >= 15 is 0 Å². The zero-order valence-corrected chi connectivity index (χ0v) is 17.6. The smallest absolute Gasteiger partial charge is 0.193 e. The number of nitrogens with one attached hydrogen (secondary N) is 1. The zero-order valence-electron chi connectivity index (χ0n) is 15.3. The van der Waals surface area contributed by atoms with Gasteiger partial charge in [-0.05, 0) is 12.8 Å². The molecule has 0 amide bonds. The first-order valence-corrected chi connectivity index (χ1v) is 8.40. The van der Waals surface area contributed by atoms with E-state index in [1.54, 1.807) is 14.2 Å². The highest BCUT2D eigenvalue weighted by Gasteiger charge is 2.24. The second-order valence-electron chi connectivity index (χ2n) is 5.60. The van der Waals surface area contributed by atoms with Crippen LogP contribution < -0.4 is 5.32 Å². The molecule has 0 aromatic carbocycles. The maximum absolute atomic E-state index is 5.63. The van der Waals surface area contributed by atoms with Gasteiger partial charge >= 0.3 is 0 Å². The minimum atomic E-state index is 0. The summed E-state index contributed by atoms with van der Waals surface area (Å²) >= 11 is 0. The zero-order chi connectivity index (χ0) is 16.8. The van der Waals surface area contributed by atoms with Gasteiger partial charge in [0.2, 0.25) is 0 Å². The van der Waals surface area contributed by atoms with E-state index in [2.05, 4.69) is 15.2 Å². The Bertz CT molecular complexity index is 322. The van der Waals surface area contributed by atoms with E-state index in [0.717, 1.165) is 51.6 Å². The number of hydrogen-bond acceptors (Lipinski definition) is 5. The van der Waals surface area contributed by atoms with Crippen LogP contribution in [-0.4, -0.2) is 91.4 Å². The highest BCUT2D eigenvalue weighted by molar-refractivity contribution is 14.0. The minimum Gasteiger partial charge on any atom is -0.382 e. The van der Waals surface area contributed by atoms with Crippen LogP contribution in [0.15, 0.2) is 4.99 Å². The molecule has 0 saturated carbocycles. The lowest BCUT2D eigenvalue weighted by atomic mass is 10.1. The molecule has 144 valence electrons. The Hall–Kier alpha value is -0.160. The Morgan fingerprint density at radius 3 is 2.46 bits per heavy atom. The molecule has 1 heterocycles. The molecule has 7 nitrogen and oxygen atoms in total. The van der Waals surface area contributed by atoms with Gasteiger partial charge in [0.25, 0.3) is 0 Å². The summed E-state index contributed by atoms with van der Waals surface area (Å²) in [5, 5.41) is 3.40. The van der Waals surface area contributed by atoms with Gasteiger partial charge in [-0.2, -0.15) is 0 Å². The third-order valence-electron chi connectivity index (χ3n) is 3.76. The largest absolute Gasteiger partial charge is 0.382 e. The van der Waals surface area contributed by atoms with Gasteiger partial charge < -0.3 is 29.2 Å². The lowest BCUT2D eigenvalue weighted by Crippen LogP contribution is -2.40. The van der Waals surface area contributed by atoms with Crippen LogP contribution in [0.1, 0.15) is 12.8 Å². The van der Waals surface area contributed by atoms with Gasteiger partial charge in [-0.3, -0.25) is 4.99 Å². The van der Waals surface area contributed by atoms with E-state index in [-0.39, 0.29) is 24.0 Å². The molecule has 1 saturated heterocycles. The third-order valence-corrected chi connectivity index (χ3v) is 3.76. The summed E-state index contributed by atoms with van der Waals surface area (Å²) in [6.45, 7) is 7.06. The predicted octanol–water partition coefficient (Wildman–Crippen LogP) is 1.22. The van der Waals surface area contributed by atoms with Crippen LogP contribution in [0.4, 0.5) is 0 Å². The van der Waals surface area contributed by atoms with E-state index < -0.39 is 0 Å². The van der Waals surface area contributed by atoms with Crippen molar-refractivity contribution in [1.29, 1.82) is 0 Å². The van der Waals surface area contributed by atoms with Gasteiger partial charge in [0.15, 0.2) is 5.96 Å². The monoisotopic (exact) mass is 459 g/mol. The van der Waals surface area contributed by atoms with Crippen molar-refractivity contribution in [2.24, 2.45) is 10.9 Å². The van der Waals surface area contributed by atoms with Crippen molar-refractivity contribution in [3.05, 3.63) is 0 Å². The molecule has 1 rings (SSSR count). The molecule has 1 fully saturated rings. The molecule has 0 radical (unpaired) electrons. The standard InChI is InChI=1S/C16H33N3O4.HI/c1-17-16(18-6-4-8-22-11-9-20-2)19-7-5-15(13-19)14-23-12-10-21-3;/h15H,4-14H2,1-3H3,(H,17,18);1H. The van der Waals surface area contributed by atoms with E-state index in [0.29, 0.717) is 32.3 Å². The van der Waals surface area contributed by atoms with Gasteiger partial charge in [-0.15, -0.1) is 24.0 Å². The molecule has 8 heteroatoms. The van der Waals surface area contributed by atoms with Crippen molar-refractivity contribution in [2.75, 3.05) is 80.5 Å². The third kappa shape index (κ3) is 10.7. The summed E-state index contributed by atoms with van der Waals surface area (Å²) < 4.78 is 21.0. The highest BCUT2D eigenvalue weighted by atomic mass is 127. The van der Waals surface area contributed by atoms with E-state index in [4.69, 9.17) is 18.9 Å². The SMILES string of the molecule is CN=C(NCCCOCCOC)N1CCC(COCCOC)C1.I. The van der Waals surface area contributed by atoms with Crippen molar-refractivity contribution >= 4 is 29.9 Å². The van der Waals surface area contributed by atoms with Crippen molar-refractivity contribution < 1.29 is 18.9 Å². The predicted molar refractivity (Wildman–Crippen MR) is 106 cm³/mol. The highest BCUT2D eigenvalue weighted by Crippen LogP contribution is 2.16. The van der Waals surface area contributed by atoms with Crippen molar-refractivity contribution in [3.63, 3.8) is 0 Å².